The summed E-state index contributed by atoms with van der Waals surface area (Å²) in [6.45, 7) is 13.3. The monoisotopic (exact) mass is 388 g/mol. The molecule has 27 heavy (non-hydrogen) atoms. The molecule has 0 N–H and O–H groups in total. The molecule has 1 rings (SSSR count). The van der Waals surface area contributed by atoms with Gasteiger partial charge in [0.2, 0.25) is 0 Å². The molecule has 2 atom stereocenters. The SMILES string of the molecule is CCCCCCCC[C@@](CCC)(OCC1CO1)C(OCC)(OCC)OCC. The molecule has 5 nitrogen and oxygen atoms in total. The number of rotatable bonds is 19. The average Bonchev–Trinajstić information content (AvgIpc) is 3.47. The summed E-state index contributed by atoms with van der Waals surface area (Å²) in [6, 6.07) is 0. The van der Waals surface area contributed by atoms with Crippen molar-refractivity contribution in [2.45, 2.75) is 110 Å². The van der Waals surface area contributed by atoms with E-state index in [-0.39, 0.29) is 6.10 Å². The fraction of sp³-hybridized carbons (Fsp3) is 1.00. The van der Waals surface area contributed by atoms with Crippen molar-refractivity contribution in [2.24, 2.45) is 0 Å². The lowest BCUT2D eigenvalue weighted by molar-refractivity contribution is -0.447. The Hall–Kier alpha value is -0.200. The van der Waals surface area contributed by atoms with Crippen LogP contribution in [0, 0.1) is 0 Å². The van der Waals surface area contributed by atoms with Crippen LogP contribution in [0.25, 0.3) is 0 Å². The molecule has 5 heteroatoms. The molecule has 0 aromatic rings. The maximum absolute atomic E-state index is 6.54. The summed E-state index contributed by atoms with van der Waals surface area (Å²) in [5.41, 5.74) is -0.611. The van der Waals surface area contributed by atoms with Gasteiger partial charge in [-0.1, -0.05) is 58.8 Å². The summed E-state index contributed by atoms with van der Waals surface area (Å²) in [6.07, 6.45) is 10.4. The molecule has 1 unspecified atom stereocenters. The van der Waals surface area contributed by atoms with Gasteiger partial charge in [-0.3, -0.25) is 0 Å². The van der Waals surface area contributed by atoms with Crippen molar-refractivity contribution in [1.29, 1.82) is 0 Å². The van der Waals surface area contributed by atoms with E-state index in [4.69, 9.17) is 23.7 Å². The molecule has 0 aliphatic carbocycles. The molecule has 1 aliphatic rings. The number of ether oxygens (including phenoxy) is 5. The summed E-state index contributed by atoms with van der Waals surface area (Å²) >= 11 is 0. The second-order valence-corrected chi connectivity index (χ2v) is 7.38. The lowest BCUT2D eigenvalue weighted by Crippen LogP contribution is -2.61. The Labute approximate surface area is 167 Å². The van der Waals surface area contributed by atoms with Crippen LogP contribution < -0.4 is 0 Å². The van der Waals surface area contributed by atoms with E-state index in [0.717, 1.165) is 32.3 Å². The van der Waals surface area contributed by atoms with Gasteiger partial charge >= 0.3 is 5.97 Å². The number of epoxide rings is 1. The van der Waals surface area contributed by atoms with Gasteiger partial charge in [-0.25, -0.2) is 0 Å². The Morgan fingerprint density at radius 1 is 0.704 bits per heavy atom. The normalized spacial score (nSPS) is 19.2. The lowest BCUT2D eigenvalue weighted by atomic mass is 9.87. The first-order valence-corrected chi connectivity index (χ1v) is 11.3. The van der Waals surface area contributed by atoms with Gasteiger partial charge in [0.15, 0.2) is 0 Å². The molecule has 1 saturated heterocycles. The van der Waals surface area contributed by atoms with Gasteiger partial charge in [-0.05, 0) is 33.6 Å². The van der Waals surface area contributed by atoms with Crippen LogP contribution in [0.1, 0.15) is 92.4 Å². The van der Waals surface area contributed by atoms with Crippen LogP contribution in [0.4, 0.5) is 0 Å². The molecule has 1 fully saturated rings. The third kappa shape index (κ3) is 7.98. The topological polar surface area (TPSA) is 49.5 Å². The molecular weight excluding hydrogens is 344 g/mol. The molecule has 0 aromatic heterocycles. The van der Waals surface area contributed by atoms with E-state index in [1.54, 1.807) is 0 Å². The van der Waals surface area contributed by atoms with E-state index in [1.807, 2.05) is 20.8 Å². The molecule has 0 radical (unpaired) electrons. The van der Waals surface area contributed by atoms with Crippen LogP contribution in [-0.2, 0) is 23.7 Å². The first-order valence-electron chi connectivity index (χ1n) is 11.3. The summed E-state index contributed by atoms with van der Waals surface area (Å²) < 4.78 is 30.4. The quantitative estimate of drug-likeness (QED) is 0.167. The van der Waals surface area contributed by atoms with Crippen molar-refractivity contribution in [2.75, 3.05) is 33.0 Å². The molecule has 162 valence electrons. The van der Waals surface area contributed by atoms with E-state index in [0.29, 0.717) is 26.4 Å². The van der Waals surface area contributed by atoms with Crippen LogP contribution in [0.5, 0.6) is 0 Å². The lowest BCUT2D eigenvalue weighted by Gasteiger charge is -2.48. The highest BCUT2D eigenvalue weighted by molar-refractivity contribution is 4.92. The Balaban J connectivity index is 2.96. The number of unbranched alkanes of at least 4 members (excludes halogenated alkanes) is 5. The van der Waals surface area contributed by atoms with Gasteiger partial charge in [0.05, 0.1) is 13.2 Å². The maximum atomic E-state index is 6.54. The van der Waals surface area contributed by atoms with Crippen LogP contribution in [0.3, 0.4) is 0 Å². The first kappa shape index (κ1) is 24.8. The van der Waals surface area contributed by atoms with Crippen molar-refractivity contribution in [1.82, 2.24) is 0 Å². The first-order chi connectivity index (χ1) is 13.1. The van der Waals surface area contributed by atoms with Gasteiger partial charge in [0, 0.05) is 19.8 Å². The van der Waals surface area contributed by atoms with Gasteiger partial charge in [-0.15, -0.1) is 0 Å². The molecule has 0 bridgehead atoms. The van der Waals surface area contributed by atoms with Crippen molar-refractivity contribution < 1.29 is 23.7 Å². The maximum Gasteiger partial charge on any atom is 0.313 e. The zero-order chi connectivity index (χ0) is 20.0. The zero-order valence-electron chi connectivity index (χ0n) is 18.5. The van der Waals surface area contributed by atoms with Crippen molar-refractivity contribution >= 4 is 0 Å². The summed E-state index contributed by atoms with van der Waals surface area (Å²) in [5.74, 6) is -1.15. The Bertz CT molecular complexity index is 342. The summed E-state index contributed by atoms with van der Waals surface area (Å²) in [4.78, 5) is 0. The highest BCUT2D eigenvalue weighted by atomic mass is 16.9. The molecule has 0 saturated carbocycles. The number of hydrogen-bond donors (Lipinski definition) is 0. The summed E-state index contributed by atoms with van der Waals surface area (Å²) in [5, 5.41) is 0. The zero-order valence-corrected chi connectivity index (χ0v) is 18.5. The van der Waals surface area contributed by atoms with E-state index >= 15 is 0 Å². The minimum absolute atomic E-state index is 0.202. The van der Waals surface area contributed by atoms with E-state index in [9.17, 15) is 0 Å². The summed E-state index contributed by atoms with van der Waals surface area (Å²) in [7, 11) is 0. The predicted molar refractivity (Wildman–Crippen MR) is 109 cm³/mol. The highest BCUT2D eigenvalue weighted by Gasteiger charge is 2.56. The Kier molecular flexibility index (Phi) is 12.8. The van der Waals surface area contributed by atoms with Gasteiger partial charge in [0.1, 0.15) is 11.7 Å². The third-order valence-electron chi connectivity index (χ3n) is 5.10. The molecular formula is C22H44O5. The van der Waals surface area contributed by atoms with Crippen LogP contribution in [0.15, 0.2) is 0 Å². The molecule has 0 spiro atoms. The van der Waals surface area contributed by atoms with Crippen molar-refractivity contribution in [3.05, 3.63) is 0 Å². The Morgan fingerprint density at radius 2 is 1.26 bits per heavy atom. The van der Waals surface area contributed by atoms with Gasteiger partial charge < -0.3 is 23.7 Å². The largest absolute Gasteiger partial charge is 0.371 e. The molecule has 0 aromatic carbocycles. The van der Waals surface area contributed by atoms with E-state index < -0.39 is 11.6 Å². The minimum atomic E-state index is -1.15. The van der Waals surface area contributed by atoms with E-state index in [1.165, 1.54) is 32.1 Å². The average molecular weight is 389 g/mol. The van der Waals surface area contributed by atoms with E-state index in [2.05, 4.69) is 13.8 Å². The third-order valence-corrected chi connectivity index (χ3v) is 5.10. The van der Waals surface area contributed by atoms with Crippen LogP contribution >= 0.6 is 0 Å². The second kappa shape index (κ2) is 13.9. The Morgan fingerprint density at radius 3 is 1.74 bits per heavy atom. The standard InChI is InChI=1S/C22H44O5/c1-6-11-12-13-14-15-17-21(16-7-2,27-19-20-18-23-20)22(24-8-3,25-9-4)26-10-5/h20H,6-19H2,1-5H3/t20?,21-/m1/s1. The molecule has 1 heterocycles. The van der Waals surface area contributed by atoms with Gasteiger partial charge in [-0.2, -0.15) is 0 Å². The van der Waals surface area contributed by atoms with Crippen molar-refractivity contribution in [3.8, 4) is 0 Å². The highest BCUT2D eigenvalue weighted by Crippen LogP contribution is 2.41. The fourth-order valence-corrected chi connectivity index (χ4v) is 3.77. The van der Waals surface area contributed by atoms with Crippen LogP contribution in [0.2, 0.25) is 0 Å². The minimum Gasteiger partial charge on any atom is -0.371 e. The number of hydrogen-bond acceptors (Lipinski definition) is 5. The smallest absolute Gasteiger partial charge is 0.313 e. The van der Waals surface area contributed by atoms with Crippen molar-refractivity contribution in [3.63, 3.8) is 0 Å². The van der Waals surface area contributed by atoms with Crippen LogP contribution in [-0.4, -0.2) is 50.7 Å². The molecule has 1 aliphatic heterocycles. The fourth-order valence-electron chi connectivity index (χ4n) is 3.77. The second-order valence-electron chi connectivity index (χ2n) is 7.38. The molecule has 0 amide bonds. The predicted octanol–water partition coefficient (Wildman–Crippen LogP) is 5.45. The van der Waals surface area contributed by atoms with Gasteiger partial charge in [0.25, 0.3) is 0 Å².